The molecule has 24 heavy (non-hydrogen) atoms. The third kappa shape index (κ3) is 4.02. The largest absolute Gasteiger partial charge is 0.379 e. The van der Waals surface area contributed by atoms with Crippen LogP contribution in [-0.2, 0) is 4.74 Å². The summed E-state index contributed by atoms with van der Waals surface area (Å²) >= 11 is 0. The number of likely N-dealkylation sites (tertiary alicyclic amines) is 1. The fourth-order valence-corrected chi connectivity index (χ4v) is 3.23. The van der Waals surface area contributed by atoms with Crippen molar-refractivity contribution in [3.05, 3.63) is 29.6 Å². The Kier molecular flexibility index (Phi) is 5.28. The van der Waals surface area contributed by atoms with Crippen LogP contribution in [0.4, 0.5) is 14.9 Å². The molecule has 1 aromatic rings. The predicted molar refractivity (Wildman–Crippen MR) is 87.1 cm³/mol. The zero-order chi connectivity index (χ0) is 16.9. The second-order valence-electron chi connectivity index (χ2n) is 6.25. The van der Waals surface area contributed by atoms with Crippen molar-refractivity contribution in [2.75, 3.05) is 51.3 Å². The Hall–Kier alpha value is -2.17. The lowest BCUT2D eigenvalue weighted by atomic mass is 10.1. The molecule has 2 aliphatic rings. The molecular formula is C17H21FN4O2. The number of benzene rings is 1. The number of hydrogen-bond donors (Lipinski definition) is 1. The lowest BCUT2D eigenvalue weighted by Gasteiger charge is -2.29. The zero-order valence-corrected chi connectivity index (χ0v) is 13.5. The maximum atomic E-state index is 13.2. The second kappa shape index (κ2) is 7.60. The van der Waals surface area contributed by atoms with Crippen molar-refractivity contribution in [1.29, 1.82) is 5.26 Å². The Morgan fingerprint density at radius 2 is 2.17 bits per heavy atom. The molecule has 0 bridgehead atoms. The fraction of sp³-hybridized carbons (Fsp3) is 0.529. The van der Waals surface area contributed by atoms with Gasteiger partial charge in [0.05, 0.1) is 24.5 Å². The van der Waals surface area contributed by atoms with Crippen LogP contribution in [0.2, 0.25) is 0 Å². The van der Waals surface area contributed by atoms with Crippen LogP contribution < -0.4 is 5.32 Å². The monoisotopic (exact) mass is 332 g/mol. The number of carbonyl (C=O) groups excluding carboxylic acids is 1. The highest BCUT2D eigenvalue weighted by atomic mass is 19.1. The summed E-state index contributed by atoms with van der Waals surface area (Å²) in [6.07, 6.45) is 0.972. The Morgan fingerprint density at radius 3 is 2.92 bits per heavy atom. The molecule has 0 aromatic heterocycles. The maximum Gasteiger partial charge on any atom is 0.321 e. The van der Waals surface area contributed by atoms with E-state index in [1.807, 2.05) is 6.07 Å². The smallest absolute Gasteiger partial charge is 0.321 e. The van der Waals surface area contributed by atoms with Crippen LogP contribution in [0.3, 0.4) is 0 Å². The van der Waals surface area contributed by atoms with Crippen LogP contribution in [-0.4, -0.2) is 61.8 Å². The number of hydrogen-bond acceptors (Lipinski definition) is 4. The first kappa shape index (κ1) is 16.7. The number of halogens is 1. The van der Waals surface area contributed by atoms with Crippen LogP contribution in [0.25, 0.3) is 0 Å². The normalized spacial score (nSPS) is 21.5. The first-order chi connectivity index (χ1) is 11.7. The summed E-state index contributed by atoms with van der Waals surface area (Å²) in [4.78, 5) is 16.5. The fourth-order valence-electron chi connectivity index (χ4n) is 3.23. The van der Waals surface area contributed by atoms with Gasteiger partial charge in [0, 0.05) is 32.7 Å². The number of nitriles is 1. The van der Waals surface area contributed by atoms with Gasteiger partial charge in [-0.1, -0.05) is 0 Å². The quantitative estimate of drug-likeness (QED) is 0.918. The molecule has 1 atom stereocenters. The van der Waals surface area contributed by atoms with E-state index >= 15 is 0 Å². The van der Waals surface area contributed by atoms with E-state index in [1.165, 1.54) is 12.1 Å². The van der Waals surface area contributed by atoms with Crippen molar-refractivity contribution in [2.24, 2.45) is 5.92 Å². The third-order valence-corrected chi connectivity index (χ3v) is 4.54. The molecule has 1 aromatic carbocycles. The van der Waals surface area contributed by atoms with E-state index in [9.17, 15) is 9.18 Å². The zero-order valence-electron chi connectivity index (χ0n) is 13.5. The number of carbonyl (C=O) groups is 1. The topological polar surface area (TPSA) is 68.6 Å². The molecule has 0 radical (unpaired) electrons. The molecular weight excluding hydrogens is 311 g/mol. The Bertz CT molecular complexity index is 640. The van der Waals surface area contributed by atoms with E-state index in [0.29, 0.717) is 24.7 Å². The minimum atomic E-state index is -0.490. The van der Waals surface area contributed by atoms with Gasteiger partial charge in [0.25, 0.3) is 0 Å². The molecule has 0 unspecified atom stereocenters. The molecule has 0 spiro atoms. The molecule has 1 N–H and O–H groups in total. The van der Waals surface area contributed by atoms with Crippen LogP contribution >= 0.6 is 0 Å². The van der Waals surface area contributed by atoms with E-state index in [4.69, 9.17) is 10.00 Å². The van der Waals surface area contributed by atoms with E-state index in [-0.39, 0.29) is 11.6 Å². The highest BCUT2D eigenvalue weighted by molar-refractivity contribution is 5.91. The van der Waals surface area contributed by atoms with Gasteiger partial charge in [0.2, 0.25) is 0 Å². The standard InChI is InChI=1S/C17H21FN4O2/c18-15-1-2-16(14(9-15)10-19)20-17(23)22-4-3-13(12-22)11-21-5-7-24-8-6-21/h1-2,9,13H,3-8,11-12H2,(H,20,23)/t13-/m1/s1. The summed E-state index contributed by atoms with van der Waals surface area (Å²) in [6.45, 7) is 5.83. The van der Waals surface area contributed by atoms with Crippen LogP contribution in [0.15, 0.2) is 18.2 Å². The molecule has 2 fully saturated rings. The third-order valence-electron chi connectivity index (χ3n) is 4.54. The number of amides is 2. The van der Waals surface area contributed by atoms with Crippen LogP contribution in [0.1, 0.15) is 12.0 Å². The van der Waals surface area contributed by atoms with E-state index in [2.05, 4.69) is 10.2 Å². The van der Waals surface area contributed by atoms with Gasteiger partial charge in [0.15, 0.2) is 0 Å². The molecule has 128 valence electrons. The van der Waals surface area contributed by atoms with Crippen molar-refractivity contribution >= 4 is 11.7 Å². The number of nitrogens with zero attached hydrogens (tertiary/aromatic N) is 3. The summed E-state index contributed by atoms with van der Waals surface area (Å²) in [5, 5.41) is 11.8. The number of anilines is 1. The van der Waals surface area contributed by atoms with E-state index in [1.54, 1.807) is 4.90 Å². The van der Waals surface area contributed by atoms with Gasteiger partial charge in [0.1, 0.15) is 11.9 Å². The molecule has 0 saturated carbocycles. The summed E-state index contributed by atoms with van der Waals surface area (Å²) < 4.78 is 18.5. The Balaban J connectivity index is 1.54. The minimum Gasteiger partial charge on any atom is -0.379 e. The van der Waals surface area contributed by atoms with Gasteiger partial charge in [-0.15, -0.1) is 0 Å². The number of rotatable bonds is 3. The average molecular weight is 332 g/mol. The minimum absolute atomic E-state index is 0.132. The van der Waals surface area contributed by atoms with Crippen molar-refractivity contribution in [1.82, 2.24) is 9.80 Å². The van der Waals surface area contributed by atoms with Gasteiger partial charge in [-0.05, 0) is 30.5 Å². The first-order valence-corrected chi connectivity index (χ1v) is 8.21. The molecule has 3 rings (SSSR count). The molecule has 7 heteroatoms. The average Bonchev–Trinajstić information content (AvgIpc) is 3.06. The molecule has 2 amide bonds. The number of nitrogens with one attached hydrogen (secondary N) is 1. The summed E-state index contributed by atoms with van der Waals surface area (Å²) in [7, 11) is 0. The number of morpholine rings is 1. The molecule has 6 nitrogen and oxygen atoms in total. The van der Waals surface area contributed by atoms with Crippen LogP contribution in [0, 0.1) is 23.1 Å². The number of ether oxygens (including phenoxy) is 1. The molecule has 0 aliphatic carbocycles. The first-order valence-electron chi connectivity index (χ1n) is 8.21. The Labute approximate surface area is 140 Å². The molecule has 2 aliphatic heterocycles. The highest BCUT2D eigenvalue weighted by Gasteiger charge is 2.28. The van der Waals surface area contributed by atoms with Gasteiger partial charge in [-0.3, -0.25) is 4.90 Å². The maximum absolute atomic E-state index is 13.2. The highest BCUT2D eigenvalue weighted by Crippen LogP contribution is 2.21. The summed E-state index contributed by atoms with van der Waals surface area (Å²) in [5.74, 6) is -0.0335. The molecule has 2 saturated heterocycles. The van der Waals surface area contributed by atoms with Crippen molar-refractivity contribution in [2.45, 2.75) is 6.42 Å². The van der Waals surface area contributed by atoms with Crippen molar-refractivity contribution in [3.8, 4) is 6.07 Å². The summed E-state index contributed by atoms with van der Waals surface area (Å²) in [5.41, 5.74) is 0.480. The van der Waals surface area contributed by atoms with E-state index < -0.39 is 5.82 Å². The van der Waals surface area contributed by atoms with E-state index in [0.717, 1.165) is 45.3 Å². The lowest BCUT2D eigenvalue weighted by molar-refractivity contribution is 0.0314. The van der Waals surface area contributed by atoms with Gasteiger partial charge in [-0.2, -0.15) is 5.26 Å². The van der Waals surface area contributed by atoms with Crippen LogP contribution in [0.5, 0.6) is 0 Å². The Morgan fingerprint density at radius 1 is 1.38 bits per heavy atom. The second-order valence-corrected chi connectivity index (χ2v) is 6.25. The van der Waals surface area contributed by atoms with Gasteiger partial charge >= 0.3 is 6.03 Å². The van der Waals surface area contributed by atoms with Gasteiger partial charge < -0.3 is 15.0 Å². The van der Waals surface area contributed by atoms with Crippen molar-refractivity contribution in [3.63, 3.8) is 0 Å². The summed E-state index contributed by atoms with van der Waals surface area (Å²) in [6, 6.07) is 5.46. The SMILES string of the molecule is N#Cc1cc(F)ccc1NC(=O)N1CC[C@H](CN2CCOCC2)C1. The predicted octanol–water partition coefficient (Wildman–Crippen LogP) is 1.88. The van der Waals surface area contributed by atoms with Crippen molar-refractivity contribution < 1.29 is 13.9 Å². The number of urea groups is 1. The lowest BCUT2D eigenvalue weighted by Crippen LogP contribution is -2.40. The van der Waals surface area contributed by atoms with Gasteiger partial charge in [-0.25, -0.2) is 9.18 Å². The molecule has 2 heterocycles.